The number of aryl methyl sites for hydroxylation is 1. The number of pyridine rings is 1. The normalized spacial score (nSPS) is 10.3. The van der Waals surface area contributed by atoms with Gasteiger partial charge in [-0.2, -0.15) is 0 Å². The Kier molecular flexibility index (Phi) is 4.24. The van der Waals surface area contributed by atoms with Crippen LogP contribution >= 0.6 is 12.2 Å². The van der Waals surface area contributed by atoms with E-state index in [1.54, 1.807) is 6.20 Å². The van der Waals surface area contributed by atoms with Gasteiger partial charge < -0.3 is 11.1 Å². The summed E-state index contributed by atoms with van der Waals surface area (Å²) >= 11 is 4.69. The Morgan fingerprint density at radius 1 is 1.30 bits per heavy atom. The molecule has 1 aromatic carbocycles. The van der Waals surface area contributed by atoms with Crippen LogP contribution in [0.5, 0.6) is 0 Å². The van der Waals surface area contributed by atoms with Gasteiger partial charge in [0.25, 0.3) is 0 Å². The highest BCUT2D eigenvalue weighted by molar-refractivity contribution is 7.80. The summed E-state index contributed by atoms with van der Waals surface area (Å²) in [5.74, 6) is -1.46. The first kappa shape index (κ1) is 14.3. The highest BCUT2D eigenvalue weighted by Crippen LogP contribution is 2.21. The zero-order valence-electron chi connectivity index (χ0n) is 10.8. The molecule has 0 spiro atoms. The number of benzene rings is 1. The van der Waals surface area contributed by atoms with E-state index in [1.165, 1.54) is 0 Å². The molecule has 2 rings (SSSR count). The van der Waals surface area contributed by atoms with Crippen LogP contribution in [0.2, 0.25) is 0 Å². The molecule has 0 unspecified atom stereocenters. The first-order valence-electron chi connectivity index (χ1n) is 5.91. The molecule has 3 N–H and O–H groups in total. The van der Waals surface area contributed by atoms with E-state index in [2.05, 4.69) is 10.3 Å². The van der Waals surface area contributed by atoms with Crippen LogP contribution < -0.4 is 11.1 Å². The van der Waals surface area contributed by atoms with Crippen LogP contribution in [0, 0.1) is 18.6 Å². The minimum absolute atomic E-state index is 0.0444. The van der Waals surface area contributed by atoms with Crippen LogP contribution in [0.4, 0.5) is 14.5 Å². The summed E-state index contributed by atoms with van der Waals surface area (Å²) < 4.78 is 27.6. The average Bonchev–Trinajstić information content (AvgIpc) is 2.39. The number of nitrogens with one attached hydrogen (secondary N) is 1. The van der Waals surface area contributed by atoms with Crippen molar-refractivity contribution >= 4 is 22.9 Å². The van der Waals surface area contributed by atoms with Gasteiger partial charge in [0.15, 0.2) is 0 Å². The van der Waals surface area contributed by atoms with E-state index < -0.39 is 11.6 Å². The van der Waals surface area contributed by atoms with Gasteiger partial charge in [0, 0.05) is 24.0 Å². The Labute approximate surface area is 120 Å². The zero-order valence-corrected chi connectivity index (χ0v) is 11.6. The third-order valence-corrected chi connectivity index (χ3v) is 3.00. The topological polar surface area (TPSA) is 50.9 Å². The van der Waals surface area contributed by atoms with Crippen LogP contribution in [0.1, 0.15) is 16.8 Å². The molecule has 0 aliphatic heterocycles. The molecule has 6 heteroatoms. The fraction of sp³-hybridized carbons (Fsp3) is 0.143. The standard InChI is InChI=1S/C14H13F2N3S/c1-8-2-3-9(6-18-8)7-19-13-11(15)4-10(14(17)20)5-12(13)16/h2-6,19H,7H2,1H3,(H2,17,20). The van der Waals surface area contributed by atoms with Crippen molar-refractivity contribution < 1.29 is 8.78 Å². The molecule has 0 amide bonds. The third kappa shape index (κ3) is 3.27. The molecule has 3 nitrogen and oxygen atoms in total. The fourth-order valence-electron chi connectivity index (χ4n) is 1.68. The summed E-state index contributed by atoms with van der Waals surface area (Å²) in [6, 6.07) is 5.90. The van der Waals surface area contributed by atoms with Crippen LogP contribution in [-0.4, -0.2) is 9.97 Å². The lowest BCUT2D eigenvalue weighted by Crippen LogP contribution is -2.12. The largest absolute Gasteiger partial charge is 0.389 e. The molecule has 0 saturated carbocycles. The number of hydrogen-bond acceptors (Lipinski definition) is 3. The van der Waals surface area contributed by atoms with E-state index in [0.717, 1.165) is 23.4 Å². The number of nitrogens with two attached hydrogens (primary N) is 1. The molecule has 0 fully saturated rings. The highest BCUT2D eigenvalue weighted by Gasteiger charge is 2.12. The number of hydrogen-bond donors (Lipinski definition) is 2. The van der Waals surface area contributed by atoms with Crippen LogP contribution in [-0.2, 0) is 6.54 Å². The van der Waals surface area contributed by atoms with Gasteiger partial charge in [-0.1, -0.05) is 18.3 Å². The first-order chi connectivity index (χ1) is 9.47. The van der Waals surface area contributed by atoms with E-state index in [0.29, 0.717) is 0 Å². The first-order valence-corrected chi connectivity index (χ1v) is 6.32. The Hall–Kier alpha value is -2.08. The van der Waals surface area contributed by atoms with E-state index in [-0.39, 0.29) is 22.8 Å². The zero-order chi connectivity index (χ0) is 14.7. The third-order valence-electron chi connectivity index (χ3n) is 2.77. The molecule has 0 atom stereocenters. The molecule has 0 saturated heterocycles. The van der Waals surface area contributed by atoms with Crippen LogP contribution in [0.3, 0.4) is 0 Å². The van der Waals surface area contributed by atoms with Gasteiger partial charge in [-0.15, -0.1) is 0 Å². The smallest absolute Gasteiger partial charge is 0.150 e. The van der Waals surface area contributed by atoms with E-state index in [1.807, 2.05) is 19.1 Å². The fourth-order valence-corrected chi connectivity index (χ4v) is 1.80. The molecule has 20 heavy (non-hydrogen) atoms. The maximum Gasteiger partial charge on any atom is 0.150 e. The minimum atomic E-state index is -0.729. The Balaban J connectivity index is 2.17. The van der Waals surface area contributed by atoms with Crippen molar-refractivity contribution in [1.82, 2.24) is 4.98 Å². The Morgan fingerprint density at radius 3 is 2.45 bits per heavy atom. The molecule has 0 bridgehead atoms. The quantitative estimate of drug-likeness (QED) is 0.851. The van der Waals surface area contributed by atoms with Crippen LogP contribution in [0.25, 0.3) is 0 Å². The van der Waals surface area contributed by atoms with Gasteiger partial charge in [0.2, 0.25) is 0 Å². The highest BCUT2D eigenvalue weighted by atomic mass is 32.1. The average molecular weight is 293 g/mol. The predicted octanol–water partition coefficient (Wildman–Crippen LogP) is 2.91. The SMILES string of the molecule is Cc1ccc(CNc2c(F)cc(C(N)=S)cc2F)cn1. The van der Waals surface area contributed by atoms with E-state index in [9.17, 15) is 8.78 Å². The van der Waals surface area contributed by atoms with Crippen molar-refractivity contribution in [1.29, 1.82) is 0 Å². The molecule has 2 aromatic rings. The second-order valence-corrected chi connectivity index (χ2v) is 4.78. The van der Waals surface area contributed by atoms with Crippen molar-refractivity contribution in [2.75, 3.05) is 5.32 Å². The molecule has 1 heterocycles. The van der Waals surface area contributed by atoms with Gasteiger partial charge in [0.05, 0.1) is 0 Å². The number of rotatable bonds is 4. The number of halogens is 2. The summed E-state index contributed by atoms with van der Waals surface area (Å²) in [4.78, 5) is 4.07. The van der Waals surface area contributed by atoms with E-state index >= 15 is 0 Å². The maximum atomic E-state index is 13.8. The lowest BCUT2D eigenvalue weighted by molar-refractivity contribution is 0.587. The predicted molar refractivity (Wildman–Crippen MR) is 78.5 cm³/mol. The second-order valence-electron chi connectivity index (χ2n) is 4.34. The number of anilines is 1. The monoisotopic (exact) mass is 293 g/mol. The Morgan fingerprint density at radius 2 is 1.95 bits per heavy atom. The summed E-state index contributed by atoms with van der Waals surface area (Å²) in [6.45, 7) is 2.14. The second kappa shape index (κ2) is 5.92. The molecule has 104 valence electrons. The van der Waals surface area contributed by atoms with Crippen LogP contribution in [0.15, 0.2) is 30.5 Å². The van der Waals surface area contributed by atoms with Crippen molar-refractivity contribution in [2.45, 2.75) is 13.5 Å². The minimum Gasteiger partial charge on any atom is -0.389 e. The number of thiocarbonyl (C=S) groups is 1. The van der Waals surface area contributed by atoms with Gasteiger partial charge >= 0.3 is 0 Å². The lowest BCUT2D eigenvalue weighted by Gasteiger charge is -2.10. The summed E-state index contributed by atoms with van der Waals surface area (Å²) in [7, 11) is 0. The molecular weight excluding hydrogens is 280 g/mol. The molecule has 0 aliphatic carbocycles. The summed E-state index contributed by atoms with van der Waals surface area (Å²) in [6.07, 6.45) is 1.65. The summed E-state index contributed by atoms with van der Waals surface area (Å²) in [5.41, 5.74) is 7.02. The lowest BCUT2D eigenvalue weighted by atomic mass is 10.1. The van der Waals surface area contributed by atoms with Gasteiger partial charge in [-0.05, 0) is 30.7 Å². The molecule has 0 radical (unpaired) electrons. The maximum absolute atomic E-state index is 13.8. The molecule has 0 aliphatic rings. The van der Waals surface area contributed by atoms with Gasteiger partial charge in [0.1, 0.15) is 22.3 Å². The van der Waals surface area contributed by atoms with Gasteiger partial charge in [-0.25, -0.2) is 8.78 Å². The number of nitrogens with zero attached hydrogens (tertiary/aromatic N) is 1. The van der Waals surface area contributed by atoms with E-state index in [4.69, 9.17) is 18.0 Å². The Bertz CT molecular complexity index is 618. The molecule has 1 aromatic heterocycles. The van der Waals surface area contributed by atoms with Crippen molar-refractivity contribution in [3.05, 3.63) is 58.9 Å². The molecular formula is C14H13F2N3S. The summed E-state index contributed by atoms with van der Waals surface area (Å²) in [5, 5.41) is 2.71. The number of aromatic nitrogens is 1. The van der Waals surface area contributed by atoms with Crippen molar-refractivity contribution in [3.8, 4) is 0 Å². The van der Waals surface area contributed by atoms with Crippen molar-refractivity contribution in [2.24, 2.45) is 5.73 Å². The van der Waals surface area contributed by atoms with Crippen molar-refractivity contribution in [3.63, 3.8) is 0 Å². The van der Waals surface area contributed by atoms with Gasteiger partial charge in [-0.3, -0.25) is 4.98 Å².